The Bertz CT molecular complexity index is 642. The summed E-state index contributed by atoms with van der Waals surface area (Å²) in [6.45, 7) is 0.747. The van der Waals surface area contributed by atoms with E-state index < -0.39 is 0 Å². The highest BCUT2D eigenvalue weighted by Crippen LogP contribution is 2.05. The Labute approximate surface area is 134 Å². The van der Waals surface area contributed by atoms with Crippen LogP contribution in [-0.4, -0.2) is 24.9 Å². The topological polar surface area (TPSA) is 58.2 Å². The number of benzene rings is 2. The van der Waals surface area contributed by atoms with Gasteiger partial charge in [-0.05, 0) is 36.2 Å². The highest BCUT2D eigenvalue weighted by atomic mass is 19.1. The van der Waals surface area contributed by atoms with Crippen molar-refractivity contribution in [1.29, 1.82) is 0 Å². The maximum absolute atomic E-state index is 12.8. The van der Waals surface area contributed by atoms with Crippen LogP contribution in [0.2, 0.25) is 0 Å². The number of nitrogens with one attached hydrogen (secondary N) is 2. The van der Waals surface area contributed by atoms with E-state index in [2.05, 4.69) is 10.6 Å². The summed E-state index contributed by atoms with van der Waals surface area (Å²) in [6.07, 6.45) is 0.890. The predicted molar refractivity (Wildman–Crippen MR) is 86.5 cm³/mol. The zero-order chi connectivity index (χ0) is 16.5. The van der Waals surface area contributed by atoms with E-state index in [1.54, 1.807) is 36.4 Å². The first kappa shape index (κ1) is 16.7. The second kappa shape index (κ2) is 8.68. The zero-order valence-corrected chi connectivity index (χ0v) is 12.7. The van der Waals surface area contributed by atoms with Crippen molar-refractivity contribution in [2.45, 2.75) is 12.8 Å². The summed E-state index contributed by atoms with van der Waals surface area (Å²) in [5.41, 5.74) is 1.51. The Morgan fingerprint density at radius 2 is 1.52 bits per heavy atom. The van der Waals surface area contributed by atoms with E-state index in [9.17, 15) is 14.0 Å². The van der Waals surface area contributed by atoms with Crippen molar-refractivity contribution in [2.24, 2.45) is 0 Å². The third kappa shape index (κ3) is 5.90. The Balaban J connectivity index is 1.61. The van der Waals surface area contributed by atoms with Gasteiger partial charge in [0.1, 0.15) is 5.82 Å². The monoisotopic (exact) mass is 314 g/mol. The van der Waals surface area contributed by atoms with Gasteiger partial charge in [0.25, 0.3) is 5.91 Å². The van der Waals surface area contributed by atoms with Crippen molar-refractivity contribution in [2.75, 3.05) is 13.1 Å². The summed E-state index contributed by atoms with van der Waals surface area (Å²) in [5.74, 6) is -0.540. The van der Waals surface area contributed by atoms with Crippen LogP contribution in [0.4, 0.5) is 4.39 Å². The first-order chi connectivity index (χ1) is 11.1. The van der Waals surface area contributed by atoms with E-state index in [1.165, 1.54) is 12.1 Å². The predicted octanol–water partition coefficient (Wildman–Crippen LogP) is 2.30. The summed E-state index contributed by atoms with van der Waals surface area (Å²) >= 11 is 0. The maximum Gasteiger partial charge on any atom is 0.251 e. The van der Waals surface area contributed by atoms with E-state index in [4.69, 9.17) is 0 Å². The Morgan fingerprint density at radius 3 is 2.22 bits per heavy atom. The van der Waals surface area contributed by atoms with Crippen molar-refractivity contribution in [3.05, 3.63) is 71.5 Å². The SMILES string of the molecule is O=C(CCc1ccc(F)cc1)NCCNC(=O)c1ccccc1. The average Bonchev–Trinajstić information content (AvgIpc) is 2.59. The zero-order valence-electron chi connectivity index (χ0n) is 12.7. The molecule has 23 heavy (non-hydrogen) atoms. The summed E-state index contributed by atoms with van der Waals surface area (Å²) in [5, 5.41) is 5.48. The molecule has 0 unspecified atom stereocenters. The van der Waals surface area contributed by atoms with E-state index in [1.807, 2.05) is 6.07 Å². The molecule has 2 aromatic rings. The van der Waals surface area contributed by atoms with Gasteiger partial charge in [-0.25, -0.2) is 4.39 Å². The minimum atomic E-state index is -0.285. The van der Waals surface area contributed by atoms with Gasteiger partial charge in [-0.3, -0.25) is 9.59 Å². The van der Waals surface area contributed by atoms with Crippen LogP contribution in [0, 0.1) is 5.82 Å². The second-order valence-corrected chi connectivity index (χ2v) is 5.10. The van der Waals surface area contributed by atoms with Crippen molar-refractivity contribution < 1.29 is 14.0 Å². The van der Waals surface area contributed by atoms with Crippen molar-refractivity contribution in [3.8, 4) is 0 Å². The normalized spacial score (nSPS) is 10.1. The summed E-state index contributed by atoms with van der Waals surface area (Å²) in [4.78, 5) is 23.5. The molecule has 0 bridgehead atoms. The van der Waals surface area contributed by atoms with Crippen LogP contribution in [0.3, 0.4) is 0 Å². The van der Waals surface area contributed by atoms with Gasteiger partial charge in [-0.2, -0.15) is 0 Å². The maximum atomic E-state index is 12.8. The van der Waals surface area contributed by atoms with Gasteiger partial charge in [-0.15, -0.1) is 0 Å². The van der Waals surface area contributed by atoms with Crippen molar-refractivity contribution in [3.63, 3.8) is 0 Å². The molecule has 4 nitrogen and oxygen atoms in total. The number of hydrogen-bond donors (Lipinski definition) is 2. The number of halogens is 1. The summed E-state index contributed by atoms with van der Waals surface area (Å²) in [6, 6.07) is 15.0. The van der Waals surface area contributed by atoms with Crippen LogP contribution < -0.4 is 10.6 Å². The van der Waals surface area contributed by atoms with Gasteiger partial charge >= 0.3 is 0 Å². The molecule has 2 rings (SSSR count). The molecule has 0 aliphatic rings. The summed E-state index contributed by atoms with van der Waals surface area (Å²) in [7, 11) is 0. The van der Waals surface area contributed by atoms with Crippen LogP contribution in [0.5, 0.6) is 0 Å². The molecule has 0 heterocycles. The molecule has 0 spiro atoms. The number of carbonyl (C=O) groups excluding carboxylic acids is 2. The lowest BCUT2D eigenvalue weighted by Gasteiger charge is -2.07. The first-order valence-corrected chi connectivity index (χ1v) is 7.49. The standard InChI is InChI=1S/C18H19FN2O2/c19-16-9-6-14(7-10-16)8-11-17(22)20-12-13-21-18(23)15-4-2-1-3-5-15/h1-7,9-10H,8,11-13H2,(H,20,22)(H,21,23). The summed E-state index contributed by atoms with van der Waals surface area (Å²) < 4.78 is 12.8. The molecule has 0 atom stereocenters. The molecule has 120 valence electrons. The molecule has 0 saturated heterocycles. The van der Waals surface area contributed by atoms with Gasteiger partial charge < -0.3 is 10.6 Å². The third-order valence-electron chi connectivity index (χ3n) is 3.32. The van der Waals surface area contributed by atoms with E-state index in [0.29, 0.717) is 31.5 Å². The molecular formula is C18H19FN2O2. The molecule has 5 heteroatoms. The van der Waals surface area contributed by atoms with Crippen LogP contribution in [0.25, 0.3) is 0 Å². The number of hydrogen-bond acceptors (Lipinski definition) is 2. The van der Waals surface area contributed by atoms with Gasteiger partial charge in [0, 0.05) is 25.1 Å². The van der Waals surface area contributed by atoms with Crippen molar-refractivity contribution >= 4 is 11.8 Å². The number of carbonyl (C=O) groups is 2. The van der Waals surface area contributed by atoms with Gasteiger partial charge in [-0.1, -0.05) is 30.3 Å². The van der Waals surface area contributed by atoms with E-state index in [0.717, 1.165) is 5.56 Å². The van der Waals surface area contributed by atoms with Crippen LogP contribution in [-0.2, 0) is 11.2 Å². The molecule has 2 amide bonds. The molecular weight excluding hydrogens is 295 g/mol. The van der Waals surface area contributed by atoms with E-state index >= 15 is 0 Å². The average molecular weight is 314 g/mol. The number of amides is 2. The van der Waals surface area contributed by atoms with Crippen LogP contribution in [0.1, 0.15) is 22.3 Å². The van der Waals surface area contributed by atoms with Gasteiger partial charge in [0.2, 0.25) is 5.91 Å². The fourth-order valence-electron chi connectivity index (χ4n) is 2.07. The molecule has 2 aromatic carbocycles. The smallest absolute Gasteiger partial charge is 0.251 e. The molecule has 0 aromatic heterocycles. The number of aryl methyl sites for hydroxylation is 1. The minimum absolute atomic E-state index is 0.0942. The molecule has 2 N–H and O–H groups in total. The quantitative estimate of drug-likeness (QED) is 0.771. The second-order valence-electron chi connectivity index (χ2n) is 5.10. The Morgan fingerprint density at radius 1 is 0.870 bits per heavy atom. The van der Waals surface area contributed by atoms with Crippen molar-refractivity contribution in [1.82, 2.24) is 10.6 Å². The lowest BCUT2D eigenvalue weighted by molar-refractivity contribution is -0.121. The Hall–Kier alpha value is -2.69. The molecule has 0 saturated carbocycles. The first-order valence-electron chi connectivity index (χ1n) is 7.49. The highest BCUT2D eigenvalue weighted by Gasteiger charge is 2.05. The van der Waals surface area contributed by atoms with Gasteiger partial charge in [0.05, 0.1) is 0 Å². The van der Waals surface area contributed by atoms with Gasteiger partial charge in [0.15, 0.2) is 0 Å². The number of rotatable bonds is 7. The Kier molecular flexibility index (Phi) is 6.29. The molecule has 0 aliphatic heterocycles. The van der Waals surface area contributed by atoms with Crippen LogP contribution >= 0.6 is 0 Å². The lowest BCUT2D eigenvalue weighted by Crippen LogP contribution is -2.34. The third-order valence-corrected chi connectivity index (χ3v) is 3.32. The molecule has 0 fully saturated rings. The minimum Gasteiger partial charge on any atom is -0.354 e. The lowest BCUT2D eigenvalue weighted by atomic mass is 10.1. The van der Waals surface area contributed by atoms with Crippen LogP contribution in [0.15, 0.2) is 54.6 Å². The molecule has 0 aliphatic carbocycles. The fourth-order valence-corrected chi connectivity index (χ4v) is 2.07. The van der Waals surface area contributed by atoms with E-state index in [-0.39, 0.29) is 17.6 Å². The fraction of sp³-hybridized carbons (Fsp3) is 0.222. The highest BCUT2D eigenvalue weighted by molar-refractivity contribution is 5.94. The largest absolute Gasteiger partial charge is 0.354 e. The molecule has 0 radical (unpaired) electrons.